The van der Waals surface area contributed by atoms with E-state index in [1.165, 1.54) is 19.2 Å². The molecule has 1 aliphatic heterocycles. The van der Waals surface area contributed by atoms with Gasteiger partial charge in [-0.25, -0.2) is 9.18 Å². The van der Waals surface area contributed by atoms with Crippen LogP contribution in [0.3, 0.4) is 0 Å². The molecule has 0 atom stereocenters. The van der Waals surface area contributed by atoms with Crippen molar-refractivity contribution in [1.82, 2.24) is 10.2 Å². The Labute approximate surface area is 175 Å². The van der Waals surface area contributed by atoms with E-state index in [1.54, 1.807) is 24.3 Å². The van der Waals surface area contributed by atoms with Gasteiger partial charge in [-0.2, -0.15) is 0 Å². The SMILES string of the molecule is CCOc1c(I)cc(/C=C2\NC(=O)N(Cc3ccccc3F)C2=O)cc1OC. The van der Waals surface area contributed by atoms with E-state index >= 15 is 0 Å². The second-order valence-electron chi connectivity index (χ2n) is 5.94. The summed E-state index contributed by atoms with van der Waals surface area (Å²) in [5.74, 6) is 0.166. The Morgan fingerprint density at radius 3 is 2.68 bits per heavy atom. The van der Waals surface area contributed by atoms with Gasteiger partial charge in [0.1, 0.15) is 11.5 Å². The molecule has 3 rings (SSSR count). The van der Waals surface area contributed by atoms with Gasteiger partial charge in [-0.05, 0) is 59.4 Å². The van der Waals surface area contributed by atoms with Crippen molar-refractivity contribution in [3.05, 3.63) is 62.6 Å². The number of methoxy groups -OCH3 is 1. The number of amides is 3. The van der Waals surface area contributed by atoms with Crippen LogP contribution < -0.4 is 14.8 Å². The number of halogens is 2. The lowest BCUT2D eigenvalue weighted by molar-refractivity contribution is -0.123. The number of imide groups is 1. The lowest BCUT2D eigenvalue weighted by Crippen LogP contribution is -2.30. The van der Waals surface area contributed by atoms with Crippen LogP contribution in [0.5, 0.6) is 11.5 Å². The van der Waals surface area contributed by atoms with E-state index in [4.69, 9.17) is 9.47 Å². The highest BCUT2D eigenvalue weighted by Gasteiger charge is 2.34. The normalized spacial score (nSPS) is 15.1. The average molecular weight is 496 g/mol. The third kappa shape index (κ3) is 4.11. The molecule has 0 spiro atoms. The van der Waals surface area contributed by atoms with Gasteiger partial charge in [0.05, 0.1) is 23.8 Å². The number of hydrogen-bond donors (Lipinski definition) is 1. The lowest BCUT2D eigenvalue weighted by Gasteiger charge is -2.13. The van der Waals surface area contributed by atoms with Crippen molar-refractivity contribution in [3.63, 3.8) is 0 Å². The highest BCUT2D eigenvalue weighted by Crippen LogP contribution is 2.34. The molecule has 8 heteroatoms. The fourth-order valence-corrected chi connectivity index (χ4v) is 3.57. The van der Waals surface area contributed by atoms with Crippen molar-refractivity contribution < 1.29 is 23.5 Å². The van der Waals surface area contributed by atoms with Gasteiger partial charge in [0.2, 0.25) is 0 Å². The van der Waals surface area contributed by atoms with Crippen LogP contribution >= 0.6 is 22.6 Å². The molecule has 1 saturated heterocycles. The van der Waals surface area contributed by atoms with Crippen LogP contribution in [-0.4, -0.2) is 30.6 Å². The number of nitrogens with one attached hydrogen (secondary N) is 1. The minimum Gasteiger partial charge on any atom is -0.493 e. The third-order valence-corrected chi connectivity index (χ3v) is 4.90. The highest BCUT2D eigenvalue weighted by molar-refractivity contribution is 14.1. The van der Waals surface area contributed by atoms with Crippen LogP contribution in [0.1, 0.15) is 18.1 Å². The zero-order chi connectivity index (χ0) is 20.3. The van der Waals surface area contributed by atoms with Gasteiger partial charge >= 0.3 is 6.03 Å². The summed E-state index contributed by atoms with van der Waals surface area (Å²) in [5, 5.41) is 2.54. The largest absolute Gasteiger partial charge is 0.493 e. The molecule has 2 aromatic rings. The maximum absolute atomic E-state index is 13.9. The molecule has 1 aliphatic rings. The van der Waals surface area contributed by atoms with Crippen molar-refractivity contribution >= 4 is 40.6 Å². The van der Waals surface area contributed by atoms with Crippen LogP contribution in [0.2, 0.25) is 0 Å². The summed E-state index contributed by atoms with van der Waals surface area (Å²) >= 11 is 2.12. The number of ether oxygens (including phenoxy) is 2. The van der Waals surface area contributed by atoms with E-state index < -0.39 is 17.8 Å². The van der Waals surface area contributed by atoms with Crippen molar-refractivity contribution in [3.8, 4) is 11.5 Å². The smallest absolute Gasteiger partial charge is 0.329 e. The Morgan fingerprint density at radius 1 is 1.25 bits per heavy atom. The zero-order valence-corrected chi connectivity index (χ0v) is 17.4. The predicted molar refractivity (Wildman–Crippen MR) is 110 cm³/mol. The fraction of sp³-hybridized carbons (Fsp3) is 0.200. The van der Waals surface area contributed by atoms with Crippen LogP contribution in [0, 0.1) is 9.39 Å². The van der Waals surface area contributed by atoms with Crippen LogP contribution in [0.15, 0.2) is 42.1 Å². The minimum absolute atomic E-state index is 0.114. The molecule has 0 radical (unpaired) electrons. The van der Waals surface area contributed by atoms with Crippen molar-refractivity contribution in [2.24, 2.45) is 0 Å². The number of rotatable bonds is 6. The molecule has 0 saturated carbocycles. The number of carbonyl (C=O) groups excluding carboxylic acids is 2. The van der Waals surface area contributed by atoms with Gasteiger partial charge in [0.25, 0.3) is 5.91 Å². The lowest BCUT2D eigenvalue weighted by atomic mass is 10.1. The van der Waals surface area contributed by atoms with Crippen LogP contribution in [0.25, 0.3) is 6.08 Å². The average Bonchev–Trinajstić information content (AvgIpc) is 2.92. The van der Waals surface area contributed by atoms with E-state index in [2.05, 4.69) is 27.9 Å². The molecule has 0 aliphatic carbocycles. The Morgan fingerprint density at radius 2 is 2.00 bits per heavy atom. The van der Waals surface area contributed by atoms with Crippen molar-refractivity contribution in [1.29, 1.82) is 0 Å². The Hall–Kier alpha value is -2.62. The van der Waals surface area contributed by atoms with E-state index in [0.29, 0.717) is 23.7 Å². The number of benzene rings is 2. The Bertz CT molecular complexity index is 961. The first kappa shape index (κ1) is 20.1. The molecule has 3 amide bonds. The second-order valence-corrected chi connectivity index (χ2v) is 7.10. The highest BCUT2D eigenvalue weighted by atomic mass is 127. The monoisotopic (exact) mass is 496 g/mol. The standard InChI is InChI=1S/C20H18FIN2O4/c1-3-28-18-15(22)8-12(10-17(18)27-2)9-16-19(25)24(20(26)23-16)11-13-6-4-5-7-14(13)21/h4-10H,3,11H2,1-2H3,(H,23,26)/b16-9-. The van der Waals surface area contributed by atoms with Crippen molar-refractivity contribution in [2.75, 3.05) is 13.7 Å². The van der Waals surface area contributed by atoms with Gasteiger partial charge in [0.15, 0.2) is 11.5 Å². The molecule has 1 fully saturated rings. The zero-order valence-electron chi connectivity index (χ0n) is 15.3. The summed E-state index contributed by atoms with van der Waals surface area (Å²) in [6, 6.07) is 8.99. The van der Waals surface area contributed by atoms with Crippen molar-refractivity contribution in [2.45, 2.75) is 13.5 Å². The van der Waals surface area contributed by atoms with E-state index in [1.807, 2.05) is 13.0 Å². The van der Waals surface area contributed by atoms with Gasteiger partial charge < -0.3 is 14.8 Å². The molecule has 2 aromatic carbocycles. The van der Waals surface area contributed by atoms with Gasteiger partial charge in [0, 0.05) is 5.56 Å². The molecule has 146 valence electrons. The predicted octanol–water partition coefficient (Wildman–Crippen LogP) is 3.93. The molecule has 0 unspecified atom stereocenters. The Kier molecular flexibility index (Phi) is 6.18. The summed E-state index contributed by atoms with van der Waals surface area (Å²) in [5.41, 5.74) is 1.05. The van der Waals surface area contributed by atoms with Gasteiger partial charge in [-0.15, -0.1) is 0 Å². The molecule has 0 aromatic heterocycles. The number of carbonyl (C=O) groups is 2. The number of urea groups is 1. The van der Waals surface area contributed by atoms with Crippen LogP contribution in [-0.2, 0) is 11.3 Å². The minimum atomic E-state index is -0.591. The molecular formula is C20H18FIN2O4. The van der Waals surface area contributed by atoms with E-state index in [9.17, 15) is 14.0 Å². The summed E-state index contributed by atoms with van der Waals surface area (Å²) in [4.78, 5) is 25.8. The molecular weight excluding hydrogens is 478 g/mol. The first-order valence-corrected chi connectivity index (χ1v) is 9.60. The quantitative estimate of drug-likeness (QED) is 0.374. The molecule has 0 bridgehead atoms. The molecule has 6 nitrogen and oxygen atoms in total. The topological polar surface area (TPSA) is 67.9 Å². The number of nitrogens with zero attached hydrogens (tertiary/aromatic N) is 1. The first-order chi connectivity index (χ1) is 13.4. The number of hydrogen-bond acceptors (Lipinski definition) is 4. The van der Waals surface area contributed by atoms with E-state index in [-0.39, 0.29) is 17.8 Å². The second kappa shape index (κ2) is 8.59. The van der Waals surface area contributed by atoms with Gasteiger partial charge in [-0.3, -0.25) is 9.69 Å². The van der Waals surface area contributed by atoms with E-state index in [0.717, 1.165) is 8.47 Å². The molecule has 1 heterocycles. The molecule has 1 N–H and O–H groups in total. The van der Waals surface area contributed by atoms with Gasteiger partial charge in [-0.1, -0.05) is 18.2 Å². The summed E-state index contributed by atoms with van der Waals surface area (Å²) < 4.78 is 25.6. The Balaban J connectivity index is 1.87. The summed E-state index contributed by atoms with van der Waals surface area (Å²) in [7, 11) is 1.53. The first-order valence-electron chi connectivity index (χ1n) is 8.52. The maximum Gasteiger partial charge on any atom is 0.329 e. The third-order valence-electron chi connectivity index (χ3n) is 4.10. The maximum atomic E-state index is 13.9. The summed E-state index contributed by atoms with van der Waals surface area (Å²) in [6.07, 6.45) is 1.56. The van der Waals surface area contributed by atoms with Crippen LogP contribution in [0.4, 0.5) is 9.18 Å². The summed E-state index contributed by atoms with van der Waals surface area (Å²) in [6.45, 7) is 2.23. The fourth-order valence-electron chi connectivity index (χ4n) is 2.79. The molecule has 28 heavy (non-hydrogen) atoms.